The Bertz CT molecular complexity index is 221. The van der Waals surface area contributed by atoms with Crippen LogP contribution in [-0.2, 0) is 0 Å². The summed E-state index contributed by atoms with van der Waals surface area (Å²) < 4.78 is 0. The first kappa shape index (κ1) is 23.1. The zero-order chi connectivity index (χ0) is 16.6. The maximum absolute atomic E-state index is 2.39. The predicted molar refractivity (Wildman–Crippen MR) is 114 cm³/mol. The number of hydrogen-bond donors (Lipinski definition) is 0. The topological polar surface area (TPSA) is 0 Å². The molecular formula is C19H40S3. The van der Waals surface area contributed by atoms with Gasteiger partial charge in [-0.25, -0.2) is 0 Å². The third-order valence-electron chi connectivity index (χ3n) is 4.37. The van der Waals surface area contributed by atoms with E-state index in [1.54, 1.807) is 0 Å². The summed E-state index contributed by atoms with van der Waals surface area (Å²) in [5, 5.41) is 0.878. The molecule has 0 saturated heterocycles. The molecule has 0 amide bonds. The molecule has 0 saturated carbocycles. The van der Waals surface area contributed by atoms with Crippen molar-refractivity contribution < 1.29 is 0 Å². The molecule has 0 aromatic rings. The molecule has 3 heteroatoms. The van der Waals surface area contributed by atoms with Crippen LogP contribution < -0.4 is 0 Å². The Hall–Kier alpha value is 1.05. The molecular weight excluding hydrogens is 324 g/mol. The molecule has 0 N–H and O–H groups in total. The van der Waals surface area contributed by atoms with Crippen LogP contribution in [0.3, 0.4) is 0 Å². The molecule has 0 aromatic carbocycles. The van der Waals surface area contributed by atoms with Gasteiger partial charge in [-0.2, -0.15) is 35.3 Å². The van der Waals surface area contributed by atoms with Crippen molar-refractivity contribution >= 4 is 35.3 Å². The van der Waals surface area contributed by atoms with Crippen molar-refractivity contribution in [3.05, 3.63) is 0 Å². The Labute approximate surface area is 154 Å². The van der Waals surface area contributed by atoms with E-state index in [0.717, 1.165) is 17.1 Å². The van der Waals surface area contributed by atoms with E-state index in [1.165, 1.54) is 67.3 Å². The molecule has 0 aliphatic carbocycles. The standard InChI is InChI=1S/C19H40S3/c1-6-17(4)11-9-10-12-20-16-19(8-3)22-14-13-21-15-18(5)7-2/h17-19H,6-16H2,1-5H3. The smallest absolute Gasteiger partial charge is 0.0135 e. The molecule has 0 rings (SSSR count). The van der Waals surface area contributed by atoms with Crippen LogP contribution in [0.15, 0.2) is 0 Å². The van der Waals surface area contributed by atoms with Crippen molar-refractivity contribution in [1.29, 1.82) is 0 Å². The van der Waals surface area contributed by atoms with Crippen LogP contribution >= 0.6 is 35.3 Å². The zero-order valence-electron chi connectivity index (χ0n) is 15.7. The van der Waals surface area contributed by atoms with E-state index in [1.807, 2.05) is 0 Å². The number of rotatable bonds is 16. The van der Waals surface area contributed by atoms with Crippen molar-refractivity contribution in [2.75, 3.05) is 28.8 Å². The van der Waals surface area contributed by atoms with E-state index in [2.05, 4.69) is 69.9 Å². The molecule has 3 atom stereocenters. The Balaban J connectivity index is 3.43. The van der Waals surface area contributed by atoms with Crippen LogP contribution in [0.4, 0.5) is 0 Å². The van der Waals surface area contributed by atoms with Gasteiger partial charge in [0.1, 0.15) is 0 Å². The van der Waals surface area contributed by atoms with Crippen molar-refractivity contribution in [1.82, 2.24) is 0 Å². The average molecular weight is 365 g/mol. The lowest BCUT2D eigenvalue weighted by molar-refractivity contribution is 0.493. The first-order chi connectivity index (χ1) is 10.6. The molecule has 0 aromatic heterocycles. The van der Waals surface area contributed by atoms with E-state index >= 15 is 0 Å². The molecule has 134 valence electrons. The summed E-state index contributed by atoms with van der Waals surface area (Å²) in [5.41, 5.74) is 0. The van der Waals surface area contributed by atoms with E-state index in [0.29, 0.717) is 0 Å². The Morgan fingerprint density at radius 3 is 2.00 bits per heavy atom. The lowest BCUT2D eigenvalue weighted by Gasteiger charge is -2.15. The Kier molecular flexibility index (Phi) is 17.7. The number of unbranched alkanes of at least 4 members (excludes halogenated alkanes) is 1. The Morgan fingerprint density at radius 2 is 1.36 bits per heavy atom. The predicted octanol–water partition coefficient (Wildman–Crippen LogP) is 7.23. The molecule has 0 fully saturated rings. The fourth-order valence-electron chi connectivity index (χ4n) is 2.08. The molecule has 22 heavy (non-hydrogen) atoms. The third-order valence-corrected chi connectivity index (χ3v) is 8.77. The highest BCUT2D eigenvalue weighted by molar-refractivity contribution is 8.04. The second-order valence-electron chi connectivity index (χ2n) is 6.57. The minimum atomic E-state index is 0.878. The summed E-state index contributed by atoms with van der Waals surface area (Å²) in [6.07, 6.45) is 8.28. The summed E-state index contributed by atoms with van der Waals surface area (Å²) in [7, 11) is 0. The highest BCUT2D eigenvalue weighted by Crippen LogP contribution is 2.22. The largest absolute Gasteiger partial charge is 0.161 e. The van der Waals surface area contributed by atoms with Gasteiger partial charge in [-0.15, -0.1) is 0 Å². The van der Waals surface area contributed by atoms with E-state index in [-0.39, 0.29) is 0 Å². The molecule has 0 aliphatic heterocycles. The average Bonchev–Trinajstić information content (AvgIpc) is 2.54. The molecule has 0 spiro atoms. The van der Waals surface area contributed by atoms with Gasteiger partial charge in [0.2, 0.25) is 0 Å². The summed E-state index contributed by atoms with van der Waals surface area (Å²) >= 11 is 6.55. The fourth-order valence-corrected chi connectivity index (χ4v) is 6.05. The first-order valence-corrected chi connectivity index (χ1v) is 12.8. The van der Waals surface area contributed by atoms with Gasteiger partial charge in [-0.3, -0.25) is 0 Å². The summed E-state index contributed by atoms with van der Waals surface area (Å²) in [4.78, 5) is 0. The van der Waals surface area contributed by atoms with Crippen LogP contribution in [0.25, 0.3) is 0 Å². The quantitative estimate of drug-likeness (QED) is 0.265. The van der Waals surface area contributed by atoms with Crippen LogP contribution in [0.5, 0.6) is 0 Å². The van der Waals surface area contributed by atoms with Crippen molar-refractivity contribution in [2.45, 2.75) is 78.4 Å². The molecule has 0 heterocycles. The van der Waals surface area contributed by atoms with Gasteiger partial charge < -0.3 is 0 Å². The lowest BCUT2D eigenvalue weighted by Crippen LogP contribution is -2.07. The maximum Gasteiger partial charge on any atom is 0.0135 e. The van der Waals surface area contributed by atoms with Gasteiger partial charge in [-0.1, -0.05) is 60.3 Å². The van der Waals surface area contributed by atoms with Gasteiger partial charge in [0.05, 0.1) is 0 Å². The monoisotopic (exact) mass is 364 g/mol. The molecule has 3 unspecified atom stereocenters. The minimum Gasteiger partial charge on any atom is -0.161 e. The van der Waals surface area contributed by atoms with Crippen LogP contribution in [0.1, 0.15) is 73.1 Å². The SMILES string of the molecule is CCC(C)CCCCSCC(CC)SCCSCC(C)CC. The Morgan fingerprint density at radius 1 is 0.682 bits per heavy atom. The second kappa shape index (κ2) is 16.9. The molecule has 0 radical (unpaired) electrons. The van der Waals surface area contributed by atoms with Gasteiger partial charge in [0.25, 0.3) is 0 Å². The highest BCUT2D eigenvalue weighted by atomic mass is 32.2. The summed E-state index contributed by atoms with van der Waals surface area (Å²) in [5.74, 6) is 8.58. The molecule has 0 aliphatic rings. The zero-order valence-corrected chi connectivity index (χ0v) is 18.2. The van der Waals surface area contributed by atoms with E-state index in [9.17, 15) is 0 Å². The number of hydrogen-bond acceptors (Lipinski definition) is 3. The maximum atomic E-state index is 2.39. The minimum absolute atomic E-state index is 0.878. The highest BCUT2D eigenvalue weighted by Gasteiger charge is 2.07. The van der Waals surface area contributed by atoms with Gasteiger partial charge >= 0.3 is 0 Å². The lowest BCUT2D eigenvalue weighted by atomic mass is 10.0. The molecule has 0 nitrogen and oxygen atoms in total. The van der Waals surface area contributed by atoms with Crippen LogP contribution in [0, 0.1) is 11.8 Å². The van der Waals surface area contributed by atoms with E-state index < -0.39 is 0 Å². The van der Waals surface area contributed by atoms with Crippen molar-refractivity contribution in [3.63, 3.8) is 0 Å². The van der Waals surface area contributed by atoms with Gasteiger partial charge in [0.15, 0.2) is 0 Å². The van der Waals surface area contributed by atoms with Gasteiger partial charge in [-0.05, 0) is 36.2 Å². The summed E-state index contributed by atoms with van der Waals surface area (Å²) in [6.45, 7) is 11.7. The fraction of sp³-hybridized carbons (Fsp3) is 1.00. The second-order valence-corrected chi connectivity index (χ2v) is 10.3. The molecule has 0 bridgehead atoms. The summed E-state index contributed by atoms with van der Waals surface area (Å²) in [6, 6.07) is 0. The normalized spacial score (nSPS) is 15.7. The van der Waals surface area contributed by atoms with Gasteiger partial charge in [0, 0.05) is 22.5 Å². The van der Waals surface area contributed by atoms with Crippen LogP contribution in [-0.4, -0.2) is 34.0 Å². The number of thioether (sulfide) groups is 3. The first-order valence-electron chi connectivity index (χ1n) is 9.40. The van der Waals surface area contributed by atoms with E-state index in [4.69, 9.17) is 0 Å². The van der Waals surface area contributed by atoms with Crippen molar-refractivity contribution in [2.24, 2.45) is 11.8 Å². The van der Waals surface area contributed by atoms with Crippen LogP contribution in [0.2, 0.25) is 0 Å². The third kappa shape index (κ3) is 14.6. The van der Waals surface area contributed by atoms with Crippen molar-refractivity contribution in [3.8, 4) is 0 Å².